The van der Waals surface area contributed by atoms with Gasteiger partial charge in [0.15, 0.2) is 9.84 Å². The smallest absolute Gasteiger partial charge is 0.152 e. The molecule has 1 unspecified atom stereocenters. The highest BCUT2D eigenvalue weighted by atomic mass is 32.2. The lowest BCUT2D eigenvalue weighted by atomic mass is 9.99. The van der Waals surface area contributed by atoms with Gasteiger partial charge in [-0.15, -0.1) is 0 Å². The van der Waals surface area contributed by atoms with Crippen LogP contribution in [-0.2, 0) is 16.4 Å². The summed E-state index contributed by atoms with van der Waals surface area (Å²) in [7, 11) is -2.78. The summed E-state index contributed by atoms with van der Waals surface area (Å²) in [6.07, 6.45) is 0. The Morgan fingerprint density at radius 2 is 1.81 bits per heavy atom. The predicted molar refractivity (Wildman–Crippen MR) is 87.3 cm³/mol. The van der Waals surface area contributed by atoms with E-state index in [1.165, 1.54) is 11.1 Å². The van der Waals surface area contributed by atoms with E-state index in [9.17, 15) is 8.42 Å². The van der Waals surface area contributed by atoms with E-state index in [2.05, 4.69) is 48.3 Å². The Labute approximate surface area is 128 Å². The first-order valence-corrected chi connectivity index (χ1v) is 9.54. The van der Waals surface area contributed by atoms with Crippen molar-refractivity contribution < 1.29 is 8.42 Å². The van der Waals surface area contributed by atoms with Gasteiger partial charge in [-0.3, -0.25) is 4.90 Å². The Morgan fingerprint density at radius 3 is 2.38 bits per heavy atom. The van der Waals surface area contributed by atoms with E-state index in [0.29, 0.717) is 30.5 Å². The number of rotatable bonds is 6. The van der Waals surface area contributed by atoms with Gasteiger partial charge in [0.05, 0.1) is 11.5 Å². The number of hydrogen-bond donors (Lipinski definition) is 1. The molecule has 2 rings (SSSR count). The van der Waals surface area contributed by atoms with E-state index in [0.717, 1.165) is 19.6 Å². The average molecular weight is 310 g/mol. The molecule has 0 amide bonds. The quantitative estimate of drug-likeness (QED) is 0.868. The highest BCUT2D eigenvalue weighted by molar-refractivity contribution is 7.91. The lowest BCUT2D eigenvalue weighted by molar-refractivity contribution is 0.287. The van der Waals surface area contributed by atoms with Gasteiger partial charge in [-0.1, -0.05) is 38.1 Å². The number of nitrogens with zero attached hydrogens (tertiary/aromatic N) is 1. The van der Waals surface area contributed by atoms with Crippen molar-refractivity contribution in [1.82, 2.24) is 10.2 Å². The molecule has 4 nitrogen and oxygen atoms in total. The van der Waals surface area contributed by atoms with E-state index in [4.69, 9.17) is 0 Å². The minimum Gasteiger partial charge on any atom is -0.316 e. The molecule has 21 heavy (non-hydrogen) atoms. The molecule has 0 aromatic heterocycles. The molecule has 0 radical (unpaired) electrons. The molecule has 1 N–H and O–H groups in total. The van der Waals surface area contributed by atoms with Crippen LogP contribution in [0.4, 0.5) is 0 Å². The van der Waals surface area contributed by atoms with E-state index < -0.39 is 9.84 Å². The van der Waals surface area contributed by atoms with Crippen molar-refractivity contribution in [2.24, 2.45) is 0 Å². The Hall–Kier alpha value is -0.910. The number of nitrogens with one attached hydrogen (secondary N) is 1. The molecule has 1 saturated heterocycles. The van der Waals surface area contributed by atoms with Crippen LogP contribution in [0, 0.1) is 0 Å². The van der Waals surface area contributed by atoms with Crippen molar-refractivity contribution in [3.63, 3.8) is 0 Å². The fourth-order valence-corrected chi connectivity index (χ4v) is 3.87. The van der Waals surface area contributed by atoms with E-state index in [1.54, 1.807) is 0 Å². The van der Waals surface area contributed by atoms with Gasteiger partial charge in [-0.25, -0.2) is 8.42 Å². The van der Waals surface area contributed by atoms with E-state index >= 15 is 0 Å². The molecule has 0 aliphatic carbocycles. The van der Waals surface area contributed by atoms with Gasteiger partial charge in [-0.05, 0) is 23.6 Å². The molecule has 0 saturated carbocycles. The summed E-state index contributed by atoms with van der Waals surface area (Å²) < 4.78 is 22.8. The predicted octanol–water partition coefficient (Wildman–Crippen LogP) is 1.63. The van der Waals surface area contributed by atoms with Gasteiger partial charge in [0.25, 0.3) is 0 Å². The van der Waals surface area contributed by atoms with Crippen LogP contribution in [0.25, 0.3) is 0 Å². The zero-order valence-electron chi connectivity index (χ0n) is 13.0. The molecule has 0 spiro atoms. The van der Waals surface area contributed by atoms with Crippen LogP contribution in [-0.4, -0.2) is 51.0 Å². The maximum Gasteiger partial charge on any atom is 0.152 e. The Kier molecular flexibility index (Phi) is 5.79. The van der Waals surface area contributed by atoms with Crippen LogP contribution in [0.15, 0.2) is 24.3 Å². The second-order valence-electron chi connectivity index (χ2n) is 5.88. The highest BCUT2D eigenvalue weighted by Gasteiger charge is 2.21. The summed E-state index contributed by atoms with van der Waals surface area (Å²) in [5.74, 6) is 1.11. The third kappa shape index (κ3) is 5.09. The SMILES string of the molecule is CCNCC(C)c1ccc(CN2CCS(=O)(=O)CC2)cc1. The minimum atomic E-state index is -2.78. The molecule has 1 aromatic rings. The Balaban J connectivity index is 1.88. The number of hydrogen-bond acceptors (Lipinski definition) is 4. The third-order valence-corrected chi connectivity index (χ3v) is 5.70. The first-order valence-electron chi connectivity index (χ1n) is 7.72. The molecule has 1 aliphatic rings. The monoisotopic (exact) mass is 310 g/mol. The van der Waals surface area contributed by atoms with Gasteiger partial charge in [0, 0.05) is 26.2 Å². The van der Waals surface area contributed by atoms with Gasteiger partial charge in [-0.2, -0.15) is 0 Å². The average Bonchev–Trinajstić information content (AvgIpc) is 2.48. The van der Waals surface area contributed by atoms with E-state index in [1.807, 2.05) is 0 Å². The largest absolute Gasteiger partial charge is 0.316 e. The molecule has 1 aliphatic heterocycles. The number of sulfone groups is 1. The van der Waals surface area contributed by atoms with Crippen molar-refractivity contribution in [3.8, 4) is 0 Å². The van der Waals surface area contributed by atoms with E-state index in [-0.39, 0.29) is 0 Å². The van der Waals surface area contributed by atoms with Crippen LogP contribution in [0.5, 0.6) is 0 Å². The highest BCUT2D eigenvalue weighted by Crippen LogP contribution is 2.16. The maximum atomic E-state index is 11.4. The minimum absolute atomic E-state index is 0.296. The van der Waals surface area contributed by atoms with Crippen molar-refractivity contribution in [3.05, 3.63) is 35.4 Å². The Morgan fingerprint density at radius 1 is 1.19 bits per heavy atom. The number of benzene rings is 1. The molecular weight excluding hydrogens is 284 g/mol. The zero-order valence-corrected chi connectivity index (χ0v) is 13.8. The van der Waals surface area contributed by atoms with Crippen LogP contribution in [0.2, 0.25) is 0 Å². The molecular formula is C16H26N2O2S. The topological polar surface area (TPSA) is 49.4 Å². The van der Waals surface area contributed by atoms with Crippen LogP contribution < -0.4 is 5.32 Å². The molecule has 118 valence electrons. The zero-order chi connectivity index (χ0) is 15.3. The molecule has 1 aromatic carbocycles. The molecule has 1 heterocycles. The van der Waals surface area contributed by atoms with Gasteiger partial charge in [0.2, 0.25) is 0 Å². The van der Waals surface area contributed by atoms with Gasteiger partial charge < -0.3 is 5.32 Å². The van der Waals surface area contributed by atoms with Gasteiger partial charge in [0.1, 0.15) is 0 Å². The summed E-state index contributed by atoms with van der Waals surface area (Å²) in [5.41, 5.74) is 2.61. The second-order valence-corrected chi connectivity index (χ2v) is 8.18. The first-order chi connectivity index (χ1) is 10.00. The van der Waals surface area contributed by atoms with Crippen molar-refractivity contribution in [2.75, 3.05) is 37.7 Å². The van der Waals surface area contributed by atoms with Crippen LogP contribution in [0.3, 0.4) is 0 Å². The van der Waals surface area contributed by atoms with Crippen molar-refractivity contribution in [1.29, 1.82) is 0 Å². The Bertz CT molecular complexity index is 526. The fourth-order valence-electron chi connectivity index (χ4n) is 2.60. The molecule has 1 fully saturated rings. The van der Waals surface area contributed by atoms with Crippen molar-refractivity contribution in [2.45, 2.75) is 26.3 Å². The first kappa shape index (κ1) is 16.5. The third-order valence-electron chi connectivity index (χ3n) is 4.09. The summed E-state index contributed by atoms with van der Waals surface area (Å²) in [6.45, 7) is 8.50. The second kappa shape index (κ2) is 7.38. The lowest BCUT2D eigenvalue weighted by Gasteiger charge is -2.26. The lowest BCUT2D eigenvalue weighted by Crippen LogP contribution is -2.39. The molecule has 5 heteroatoms. The summed E-state index contributed by atoms with van der Waals surface area (Å²) in [5, 5.41) is 3.37. The fraction of sp³-hybridized carbons (Fsp3) is 0.625. The van der Waals surface area contributed by atoms with Crippen LogP contribution >= 0.6 is 0 Å². The number of likely N-dealkylation sites (N-methyl/N-ethyl adjacent to an activating group) is 1. The van der Waals surface area contributed by atoms with Gasteiger partial charge >= 0.3 is 0 Å². The summed E-state index contributed by atoms with van der Waals surface area (Å²) in [4.78, 5) is 2.22. The summed E-state index contributed by atoms with van der Waals surface area (Å²) >= 11 is 0. The van der Waals surface area contributed by atoms with Crippen LogP contribution in [0.1, 0.15) is 30.9 Å². The molecule has 1 atom stereocenters. The standard InChI is InChI=1S/C16H26N2O2S/c1-3-17-12-14(2)16-6-4-15(5-7-16)13-18-8-10-21(19,20)11-9-18/h4-7,14,17H,3,8-13H2,1-2H3. The maximum absolute atomic E-state index is 11.4. The summed E-state index contributed by atoms with van der Waals surface area (Å²) in [6, 6.07) is 8.72. The van der Waals surface area contributed by atoms with Crippen molar-refractivity contribution >= 4 is 9.84 Å². The normalized spacial score (nSPS) is 20.3. The molecule has 0 bridgehead atoms.